The molecule has 2 aliphatic carbocycles. The highest BCUT2D eigenvalue weighted by Gasteiger charge is 2.66. The Morgan fingerprint density at radius 1 is 1.21 bits per heavy atom. The van der Waals surface area contributed by atoms with Crippen molar-refractivity contribution >= 4 is 5.97 Å². The van der Waals surface area contributed by atoms with Crippen LogP contribution >= 0.6 is 0 Å². The predicted octanol–water partition coefficient (Wildman–Crippen LogP) is 2.61. The molecule has 0 aromatic heterocycles. The van der Waals surface area contributed by atoms with Gasteiger partial charge in [0.2, 0.25) is 0 Å². The highest BCUT2D eigenvalue weighted by molar-refractivity contribution is 5.80. The van der Waals surface area contributed by atoms with Crippen molar-refractivity contribution in [2.75, 3.05) is 6.61 Å². The lowest BCUT2D eigenvalue weighted by molar-refractivity contribution is -0.148. The van der Waals surface area contributed by atoms with Crippen molar-refractivity contribution in [2.45, 2.75) is 33.6 Å². The van der Waals surface area contributed by atoms with E-state index in [0.717, 1.165) is 11.1 Å². The molecule has 0 radical (unpaired) electrons. The minimum Gasteiger partial charge on any atom is -0.466 e. The third kappa shape index (κ3) is 2.01. The molecule has 0 amide bonds. The van der Waals surface area contributed by atoms with Crippen molar-refractivity contribution in [1.29, 1.82) is 21.0 Å². The molecule has 0 aromatic carbocycles. The molecule has 0 fully saturated rings. The van der Waals surface area contributed by atoms with Gasteiger partial charge in [0.25, 0.3) is 0 Å². The van der Waals surface area contributed by atoms with E-state index in [-0.39, 0.29) is 24.9 Å². The molecular weight excluding hydrogens is 304 g/mol. The van der Waals surface area contributed by atoms with Gasteiger partial charge in [-0.15, -0.1) is 0 Å². The molecule has 2 rings (SSSR count). The summed E-state index contributed by atoms with van der Waals surface area (Å²) in [6.07, 6.45) is 0.463. The minimum absolute atomic E-state index is 0.0373. The molecule has 2 aliphatic rings. The predicted molar refractivity (Wildman–Crippen MR) is 82.0 cm³/mol. The zero-order valence-electron chi connectivity index (χ0n) is 14.0. The standard InChI is InChI=1S/C18H18N4O2/c1-4-24-16(23)13-5-12-6-17(7-19,8-20)18(9-21,10-22)15(11(2)3)14(12)13/h11,13,15H,4-6H2,1-3H3/t13?,15-/m1/s1. The van der Waals surface area contributed by atoms with Crippen molar-refractivity contribution in [2.24, 2.45) is 28.6 Å². The fraction of sp³-hybridized carbons (Fsp3) is 0.611. The zero-order valence-corrected chi connectivity index (χ0v) is 14.0. The second-order valence-corrected chi connectivity index (χ2v) is 6.63. The molecular formula is C18H18N4O2. The summed E-state index contributed by atoms with van der Waals surface area (Å²) in [7, 11) is 0. The van der Waals surface area contributed by atoms with Crippen molar-refractivity contribution in [3.05, 3.63) is 11.1 Å². The van der Waals surface area contributed by atoms with Gasteiger partial charge in [0, 0.05) is 12.3 Å². The van der Waals surface area contributed by atoms with Crippen LogP contribution < -0.4 is 0 Å². The lowest BCUT2D eigenvalue weighted by Crippen LogP contribution is -2.54. The van der Waals surface area contributed by atoms with Crippen LogP contribution in [-0.4, -0.2) is 12.6 Å². The van der Waals surface area contributed by atoms with Crippen LogP contribution in [0.25, 0.3) is 0 Å². The maximum Gasteiger partial charge on any atom is 0.313 e. The lowest BCUT2D eigenvalue weighted by atomic mass is 9.45. The number of carbonyl (C=O) groups excluding carboxylic acids is 1. The van der Waals surface area contributed by atoms with Gasteiger partial charge in [0.1, 0.15) is 0 Å². The Hall–Kier alpha value is -2.83. The molecule has 0 aliphatic heterocycles. The number of esters is 1. The van der Waals surface area contributed by atoms with E-state index < -0.39 is 22.7 Å². The van der Waals surface area contributed by atoms with Crippen LogP contribution in [-0.2, 0) is 9.53 Å². The Bertz CT molecular complexity index is 739. The molecule has 0 aromatic rings. The summed E-state index contributed by atoms with van der Waals surface area (Å²) in [4.78, 5) is 12.2. The molecule has 6 nitrogen and oxygen atoms in total. The third-order valence-corrected chi connectivity index (χ3v) is 5.16. The third-order valence-electron chi connectivity index (χ3n) is 5.16. The molecule has 0 saturated heterocycles. The Labute approximate surface area is 141 Å². The zero-order chi connectivity index (χ0) is 18.1. The van der Waals surface area contributed by atoms with E-state index >= 15 is 0 Å². The number of ether oxygens (including phenoxy) is 1. The molecule has 0 heterocycles. The first-order valence-corrected chi connectivity index (χ1v) is 7.91. The maximum absolute atomic E-state index is 12.2. The van der Waals surface area contributed by atoms with E-state index in [0.29, 0.717) is 6.42 Å². The van der Waals surface area contributed by atoms with E-state index in [1.165, 1.54) is 0 Å². The fourth-order valence-corrected chi connectivity index (χ4v) is 4.11. The summed E-state index contributed by atoms with van der Waals surface area (Å²) in [6.45, 7) is 5.65. The monoisotopic (exact) mass is 322 g/mol. The molecule has 2 atom stereocenters. The second kappa shape index (κ2) is 5.99. The van der Waals surface area contributed by atoms with E-state index in [1.807, 2.05) is 38.1 Å². The van der Waals surface area contributed by atoms with Crippen LogP contribution in [0.3, 0.4) is 0 Å². The normalized spacial score (nSPS) is 26.0. The van der Waals surface area contributed by atoms with Crippen LogP contribution in [0.5, 0.6) is 0 Å². The summed E-state index contributed by atoms with van der Waals surface area (Å²) in [6, 6.07) is 7.84. The van der Waals surface area contributed by atoms with Crippen LogP contribution in [0.2, 0.25) is 0 Å². The number of allylic oxidation sites excluding steroid dienone is 1. The number of rotatable bonds is 3. The highest BCUT2D eigenvalue weighted by Crippen LogP contribution is 2.63. The van der Waals surface area contributed by atoms with Gasteiger partial charge < -0.3 is 4.74 Å². The van der Waals surface area contributed by atoms with E-state index in [9.17, 15) is 25.8 Å². The topological polar surface area (TPSA) is 121 Å². The van der Waals surface area contributed by atoms with Gasteiger partial charge >= 0.3 is 5.97 Å². The largest absolute Gasteiger partial charge is 0.466 e. The van der Waals surface area contributed by atoms with Gasteiger partial charge in [-0.1, -0.05) is 25.0 Å². The van der Waals surface area contributed by atoms with Crippen LogP contribution in [0.1, 0.15) is 33.6 Å². The van der Waals surface area contributed by atoms with Crippen molar-refractivity contribution in [3.8, 4) is 24.3 Å². The summed E-state index contributed by atoms with van der Waals surface area (Å²) < 4.78 is 5.09. The van der Waals surface area contributed by atoms with Crippen LogP contribution in [0.4, 0.5) is 0 Å². The molecule has 6 heteroatoms. The SMILES string of the molecule is CCOC(=O)C1CC2=C1[C@@H](C(C)C)C(C#N)(C#N)C(C#N)(C#N)C2. The summed E-state index contributed by atoms with van der Waals surface area (Å²) in [5.74, 6) is -1.66. The van der Waals surface area contributed by atoms with Gasteiger partial charge in [0.05, 0.1) is 36.8 Å². The lowest BCUT2D eigenvalue weighted by Gasteiger charge is -2.51. The van der Waals surface area contributed by atoms with E-state index in [1.54, 1.807) is 6.92 Å². The fourth-order valence-electron chi connectivity index (χ4n) is 4.11. The quantitative estimate of drug-likeness (QED) is 0.581. The second-order valence-electron chi connectivity index (χ2n) is 6.63. The molecule has 1 unspecified atom stereocenters. The van der Waals surface area contributed by atoms with Gasteiger partial charge in [0.15, 0.2) is 10.8 Å². The molecule has 0 N–H and O–H groups in total. The summed E-state index contributed by atoms with van der Waals surface area (Å²) in [5, 5.41) is 38.9. The summed E-state index contributed by atoms with van der Waals surface area (Å²) in [5.41, 5.74) is -1.94. The highest BCUT2D eigenvalue weighted by atomic mass is 16.5. The Morgan fingerprint density at radius 3 is 2.21 bits per heavy atom. The Balaban J connectivity index is 2.67. The Morgan fingerprint density at radius 2 is 1.79 bits per heavy atom. The van der Waals surface area contributed by atoms with E-state index in [4.69, 9.17) is 4.74 Å². The smallest absolute Gasteiger partial charge is 0.313 e. The van der Waals surface area contributed by atoms with E-state index in [2.05, 4.69) is 0 Å². The molecule has 122 valence electrons. The average molecular weight is 322 g/mol. The van der Waals surface area contributed by atoms with Gasteiger partial charge in [-0.05, 0) is 19.3 Å². The number of hydrogen-bond acceptors (Lipinski definition) is 6. The number of carbonyl (C=O) groups is 1. The number of hydrogen-bond donors (Lipinski definition) is 0. The first kappa shape index (κ1) is 17.5. The van der Waals surface area contributed by atoms with Crippen molar-refractivity contribution < 1.29 is 9.53 Å². The average Bonchev–Trinajstić information content (AvgIpc) is 2.55. The molecule has 0 spiro atoms. The maximum atomic E-state index is 12.2. The first-order valence-electron chi connectivity index (χ1n) is 7.91. The minimum atomic E-state index is -1.80. The molecule has 0 bridgehead atoms. The van der Waals surface area contributed by atoms with Gasteiger partial charge in [-0.25, -0.2) is 0 Å². The number of nitriles is 4. The van der Waals surface area contributed by atoms with Gasteiger partial charge in [-0.2, -0.15) is 21.0 Å². The van der Waals surface area contributed by atoms with Crippen molar-refractivity contribution in [1.82, 2.24) is 0 Å². The molecule has 24 heavy (non-hydrogen) atoms. The Kier molecular flexibility index (Phi) is 4.38. The summed E-state index contributed by atoms with van der Waals surface area (Å²) >= 11 is 0. The number of nitrogens with zero attached hydrogens (tertiary/aromatic N) is 4. The van der Waals surface area contributed by atoms with Crippen molar-refractivity contribution in [3.63, 3.8) is 0 Å². The van der Waals surface area contributed by atoms with Crippen LogP contribution in [0, 0.1) is 73.9 Å². The van der Waals surface area contributed by atoms with Gasteiger partial charge in [-0.3, -0.25) is 4.79 Å². The molecule has 0 saturated carbocycles. The first-order chi connectivity index (χ1) is 11.4. The van der Waals surface area contributed by atoms with Crippen LogP contribution in [0.15, 0.2) is 11.1 Å².